The zero-order valence-electron chi connectivity index (χ0n) is 21.8. The number of Topliss-reactive ketones (excluding diaryl/α,β-unsaturated/α-hetero) is 1. The van der Waals surface area contributed by atoms with Gasteiger partial charge < -0.3 is 9.67 Å². The highest BCUT2D eigenvalue weighted by Crippen LogP contribution is 2.42. The van der Waals surface area contributed by atoms with E-state index in [2.05, 4.69) is 33.7 Å². The fourth-order valence-corrected chi connectivity index (χ4v) is 5.35. The number of nitrogens with one attached hydrogen (secondary N) is 1. The quantitative estimate of drug-likeness (QED) is 0.642. The molecule has 8 heteroatoms. The van der Waals surface area contributed by atoms with Crippen LogP contribution in [0.5, 0.6) is 0 Å². The van der Waals surface area contributed by atoms with Gasteiger partial charge in [-0.05, 0) is 59.9 Å². The fourth-order valence-electron chi connectivity index (χ4n) is 5.35. The predicted octanol–water partition coefficient (Wildman–Crippen LogP) is 1.60. The van der Waals surface area contributed by atoms with Gasteiger partial charge in [0.2, 0.25) is 11.5 Å². The summed E-state index contributed by atoms with van der Waals surface area (Å²) < 4.78 is 2.23. The Hall–Kier alpha value is -2.71. The minimum Gasteiger partial charge on any atom is -0.506 e. The normalized spacial score (nSPS) is 21.9. The Morgan fingerprint density at radius 1 is 0.971 bits per heavy atom. The highest BCUT2D eigenvalue weighted by molar-refractivity contribution is 6.43. The van der Waals surface area contributed by atoms with Crippen LogP contribution in [0.3, 0.4) is 0 Å². The first-order valence-corrected chi connectivity index (χ1v) is 12.2. The third-order valence-electron chi connectivity index (χ3n) is 7.47. The Kier molecular flexibility index (Phi) is 6.10. The van der Waals surface area contributed by atoms with Crippen molar-refractivity contribution in [3.8, 4) is 0 Å². The highest BCUT2D eigenvalue weighted by Gasteiger charge is 2.49. The van der Waals surface area contributed by atoms with Crippen molar-refractivity contribution in [3.63, 3.8) is 0 Å². The molecule has 0 aromatic carbocycles. The van der Waals surface area contributed by atoms with Crippen molar-refractivity contribution in [2.45, 2.75) is 73.4 Å². The number of allylic oxidation sites excluding steroid dienone is 2. The standard InChI is InChI=1S/C26H37N5O3/c1-15-17(3)30(14-13-28(8)29-11-9-10-12-29)18(4)19(15)21-23(32)22(24(21)33)20-16(2)27-31(25(20)34)26(5,6)7/h32H,9-14H2,1-8H3/p+1/b22-20+. The van der Waals surface area contributed by atoms with Crippen molar-refractivity contribution < 1.29 is 19.8 Å². The van der Waals surface area contributed by atoms with Gasteiger partial charge >= 0.3 is 5.91 Å². The SMILES string of the molecule is CC1=[NH+]N(C(C)(C)C)C(=O)/C1=C1/C(=O)C(c2c(C)c(C)n(CCN(C)N3CCCC3)c2C)=C1O. The number of hydrogen-bond acceptors (Lipinski definition) is 5. The molecule has 2 N–H and O–H groups in total. The number of rotatable bonds is 5. The van der Waals surface area contributed by atoms with Crippen LogP contribution in [0.25, 0.3) is 5.57 Å². The van der Waals surface area contributed by atoms with E-state index in [4.69, 9.17) is 0 Å². The summed E-state index contributed by atoms with van der Waals surface area (Å²) in [6.45, 7) is 17.5. The first kappa shape index (κ1) is 24.4. The summed E-state index contributed by atoms with van der Waals surface area (Å²) in [5, 5.41) is 20.3. The van der Waals surface area contributed by atoms with Crippen LogP contribution in [0.4, 0.5) is 0 Å². The Labute approximate surface area is 202 Å². The van der Waals surface area contributed by atoms with Crippen molar-refractivity contribution in [2.24, 2.45) is 0 Å². The van der Waals surface area contributed by atoms with Gasteiger partial charge in [-0.3, -0.25) is 9.59 Å². The van der Waals surface area contributed by atoms with Crippen LogP contribution >= 0.6 is 0 Å². The number of hydrazine groups is 2. The Balaban J connectivity index is 1.66. The van der Waals surface area contributed by atoms with Gasteiger partial charge in [-0.2, -0.15) is 0 Å². The first-order chi connectivity index (χ1) is 15.9. The number of amides is 1. The lowest BCUT2D eigenvalue weighted by Crippen LogP contribution is -2.84. The summed E-state index contributed by atoms with van der Waals surface area (Å²) in [6.07, 6.45) is 2.48. The molecule has 1 aromatic rings. The molecule has 3 heterocycles. The van der Waals surface area contributed by atoms with Crippen molar-refractivity contribution in [3.05, 3.63) is 39.4 Å². The molecule has 0 radical (unpaired) electrons. The molecule has 0 spiro atoms. The zero-order valence-corrected chi connectivity index (χ0v) is 21.8. The van der Waals surface area contributed by atoms with Crippen LogP contribution in [0.1, 0.15) is 63.1 Å². The van der Waals surface area contributed by atoms with Gasteiger partial charge in [0, 0.05) is 57.1 Å². The third kappa shape index (κ3) is 3.73. The largest absolute Gasteiger partial charge is 0.506 e. The molecule has 2 aliphatic heterocycles. The lowest BCUT2D eigenvalue weighted by molar-refractivity contribution is -0.634. The minimum absolute atomic E-state index is 0.0807. The fraction of sp³-hybridized carbons (Fsp3) is 0.577. The lowest BCUT2D eigenvalue weighted by atomic mass is 9.78. The summed E-state index contributed by atoms with van der Waals surface area (Å²) in [5.41, 5.74) is 4.68. The third-order valence-corrected chi connectivity index (χ3v) is 7.47. The van der Waals surface area contributed by atoms with Crippen LogP contribution in [0.15, 0.2) is 16.9 Å². The topological polar surface area (TPSA) is 83.0 Å². The second kappa shape index (κ2) is 8.50. The van der Waals surface area contributed by atoms with E-state index in [1.54, 1.807) is 6.92 Å². The molecule has 0 saturated carbocycles. The average molecular weight is 469 g/mol. The number of nitrogens with zero attached hydrogens (tertiary/aromatic N) is 4. The minimum atomic E-state index is -0.459. The number of hydrogen-bond donors (Lipinski definition) is 2. The molecule has 1 aromatic heterocycles. The Bertz CT molecular complexity index is 1160. The molecule has 4 rings (SSSR count). The van der Waals surface area contributed by atoms with Gasteiger partial charge in [0.25, 0.3) is 0 Å². The van der Waals surface area contributed by atoms with Crippen LogP contribution in [0, 0.1) is 20.8 Å². The van der Waals surface area contributed by atoms with Crippen molar-refractivity contribution in [2.75, 3.05) is 26.7 Å². The average Bonchev–Trinajstić information content (AvgIpc) is 3.45. The molecule has 3 aliphatic rings. The van der Waals surface area contributed by atoms with Crippen molar-refractivity contribution in [1.82, 2.24) is 19.6 Å². The monoisotopic (exact) mass is 468 g/mol. The summed E-state index contributed by atoms with van der Waals surface area (Å²) in [5.74, 6) is -0.635. The molecule has 0 bridgehead atoms. The number of carbonyl (C=O) groups is 2. The number of hydrazone groups is 1. The Morgan fingerprint density at radius 2 is 1.59 bits per heavy atom. The number of aliphatic hydroxyl groups excluding tert-OH is 1. The van der Waals surface area contributed by atoms with E-state index < -0.39 is 5.54 Å². The molecule has 0 atom stereocenters. The van der Waals surface area contributed by atoms with Crippen LogP contribution in [-0.4, -0.2) is 74.3 Å². The van der Waals surface area contributed by atoms with Crippen molar-refractivity contribution in [1.29, 1.82) is 0 Å². The smallest absolute Gasteiger partial charge is 0.315 e. The van der Waals surface area contributed by atoms with E-state index in [9.17, 15) is 14.7 Å². The number of likely N-dealkylation sites (N-methyl/N-ethyl adjacent to an activating group) is 1. The Morgan fingerprint density at radius 3 is 2.12 bits per heavy atom. The van der Waals surface area contributed by atoms with Crippen molar-refractivity contribution >= 4 is 23.0 Å². The number of carbonyl (C=O) groups excluding carboxylic acids is 2. The van der Waals surface area contributed by atoms with E-state index in [1.165, 1.54) is 17.9 Å². The summed E-state index contributed by atoms with van der Waals surface area (Å²) in [4.78, 5) is 26.4. The van der Waals surface area contributed by atoms with E-state index in [-0.39, 0.29) is 28.6 Å². The van der Waals surface area contributed by atoms with E-state index in [1.807, 2.05) is 34.6 Å². The lowest BCUT2D eigenvalue weighted by Gasteiger charge is -2.28. The van der Waals surface area contributed by atoms with Gasteiger partial charge in [-0.15, -0.1) is 10.1 Å². The molecule has 34 heavy (non-hydrogen) atoms. The maximum atomic E-state index is 13.4. The number of aliphatic hydroxyl groups is 1. The predicted molar refractivity (Wildman–Crippen MR) is 132 cm³/mol. The first-order valence-electron chi connectivity index (χ1n) is 12.2. The van der Waals surface area contributed by atoms with Gasteiger partial charge in [-0.1, -0.05) is 0 Å². The highest BCUT2D eigenvalue weighted by atomic mass is 16.3. The maximum absolute atomic E-state index is 13.4. The molecule has 184 valence electrons. The molecule has 1 aliphatic carbocycles. The molecular weight excluding hydrogens is 430 g/mol. The van der Waals surface area contributed by atoms with Gasteiger partial charge in [0.1, 0.15) is 11.3 Å². The number of aromatic nitrogens is 1. The van der Waals surface area contributed by atoms with Crippen LogP contribution < -0.4 is 5.10 Å². The molecule has 1 saturated heterocycles. The van der Waals surface area contributed by atoms with Gasteiger partial charge in [0.15, 0.2) is 0 Å². The molecular formula is C26H38N5O3+. The van der Waals surface area contributed by atoms with Crippen LogP contribution in [0.2, 0.25) is 0 Å². The number of ketones is 1. The van der Waals surface area contributed by atoms with Gasteiger partial charge in [-0.25, -0.2) is 10.0 Å². The summed E-state index contributed by atoms with van der Waals surface area (Å²) in [7, 11) is 2.13. The second-order valence-electron chi connectivity index (χ2n) is 10.7. The maximum Gasteiger partial charge on any atom is 0.315 e. The van der Waals surface area contributed by atoms with E-state index in [0.29, 0.717) is 11.3 Å². The summed E-state index contributed by atoms with van der Waals surface area (Å²) in [6, 6.07) is 0. The molecule has 8 nitrogen and oxygen atoms in total. The van der Waals surface area contributed by atoms with E-state index in [0.717, 1.165) is 48.7 Å². The zero-order chi connectivity index (χ0) is 25.1. The van der Waals surface area contributed by atoms with E-state index >= 15 is 0 Å². The molecule has 0 unspecified atom stereocenters. The second-order valence-corrected chi connectivity index (χ2v) is 10.7. The molecule has 1 amide bonds. The van der Waals surface area contributed by atoms with Crippen LogP contribution in [-0.2, 0) is 16.1 Å². The van der Waals surface area contributed by atoms with Gasteiger partial charge in [0.05, 0.1) is 16.7 Å². The molecule has 1 fully saturated rings. The summed E-state index contributed by atoms with van der Waals surface area (Å²) >= 11 is 0.